The highest BCUT2D eigenvalue weighted by molar-refractivity contribution is 5.80. The van der Waals surface area contributed by atoms with Crippen LogP contribution in [0.4, 0.5) is 0 Å². The van der Waals surface area contributed by atoms with Crippen LogP contribution in [0.2, 0.25) is 0 Å². The normalized spacial score (nSPS) is 37.9. The Hall–Kier alpha value is -1.14. The highest BCUT2D eigenvalue weighted by Crippen LogP contribution is 2.31. The van der Waals surface area contributed by atoms with Crippen molar-refractivity contribution in [2.75, 3.05) is 0 Å². The van der Waals surface area contributed by atoms with E-state index in [4.69, 9.17) is 10.2 Å². The number of hydrogen-bond donors (Lipinski definition) is 4. The number of aliphatic carboxylic acids is 2. The Balaban J connectivity index is 2.87. The lowest BCUT2D eigenvalue weighted by atomic mass is 9.76. The Kier molecular flexibility index (Phi) is 3.07. The van der Waals surface area contributed by atoms with E-state index in [0.717, 1.165) is 0 Å². The van der Waals surface area contributed by atoms with Gasteiger partial charge < -0.3 is 20.4 Å². The van der Waals surface area contributed by atoms with Gasteiger partial charge in [0.15, 0.2) is 0 Å². The molecule has 0 saturated heterocycles. The van der Waals surface area contributed by atoms with Crippen molar-refractivity contribution in [3.05, 3.63) is 0 Å². The largest absolute Gasteiger partial charge is 0.481 e. The summed E-state index contributed by atoms with van der Waals surface area (Å²) < 4.78 is 0. The molecule has 1 aliphatic carbocycles. The molecule has 0 aromatic carbocycles. The van der Waals surface area contributed by atoms with Crippen LogP contribution in [0.25, 0.3) is 0 Å². The topological polar surface area (TPSA) is 115 Å². The number of carboxylic acids is 2. The number of carbonyl (C=O) groups is 2. The molecule has 4 atom stereocenters. The van der Waals surface area contributed by atoms with Crippen molar-refractivity contribution in [3.8, 4) is 0 Å². The first kappa shape index (κ1) is 10.9. The maximum absolute atomic E-state index is 10.7. The van der Waals surface area contributed by atoms with Gasteiger partial charge in [0.25, 0.3) is 0 Å². The summed E-state index contributed by atoms with van der Waals surface area (Å²) in [4.78, 5) is 21.4. The van der Waals surface area contributed by atoms with E-state index in [1.54, 1.807) is 0 Å². The van der Waals surface area contributed by atoms with E-state index in [9.17, 15) is 19.8 Å². The number of aliphatic hydroxyl groups excluding tert-OH is 2. The molecule has 6 heteroatoms. The predicted molar refractivity (Wildman–Crippen MR) is 43.5 cm³/mol. The van der Waals surface area contributed by atoms with Crippen molar-refractivity contribution < 1.29 is 30.0 Å². The molecule has 1 aliphatic rings. The molecule has 6 nitrogen and oxygen atoms in total. The van der Waals surface area contributed by atoms with Crippen molar-refractivity contribution in [3.63, 3.8) is 0 Å². The molecule has 80 valence electrons. The molecule has 14 heavy (non-hydrogen) atoms. The first-order valence-electron chi connectivity index (χ1n) is 4.27. The molecule has 4 N–H and O–H groups in total. The molecule has 0 aromatic heterocycles. The SMILES string of the molecule is O=C(O)C1CCC(O)C(O)C1C(=O)O. The van der Waals surface area contributed by atoms with Crippen LogP contribution in [0.1, 0.15) is 12.8 Å². The van der Waals surface area contributed by atoms with Gasteiger partial charge in [0.1, 0.15) is 0 Å². The molecule has 0 amide bonds. The summed E-state index contributed by atoms with van der Waals surface area (Å²) in [5.74, 6) is -5.17. The zero-order chi connectivity index (χ0) is 10.9. The molecular formula is C8H12O6. The minimum atomic E-state index is -1.50. The van der Waals surface area contributed by atoms with E-state index < -0.39 is 36.0 Å². The Labute approximate surface area is 79.8 Å². The third-order valence-corrected chi connectivity index (χ3v) is 2.57. The third-order valence-electron chi connectivity index (χ3n) is 2.57. The Morgan fingerprint density at radius 2 is 1.57 bits per heavy atom. The minimum Gasteiger partial charge on any atom is -0.481 e. The van der Waals surface area contributed by atoms with Crippen LogP contribution >= 0.6 is 0 Å². The molecule has 4 unspecified atom stereocenters. The summed E-state index contributed by atoms with van der Waals surface area (Å²) >= 11 is 0. The third kappa shape index (κ3) is 1.85. The van der Waals surface area contributed by atoms with Gasteiger partial charge in [-0.15, -0.1) is 0 Å². The molecule has 0 aromatic rings. The second-order valence-electron chi connectivity index (χ2n) is 3.44. The van der Waals surface area contributed by atoms with Gasteiger partial charge in [0, 0.05) is 0 Å². The van der Waals surface area contributed by atoms with Gasteiger partial charge in [-0.3, -0.25) is 9.59 Å². The second kappa shape index (κ2) is 3.93. The van der Waals surface area contributed by atoms with Gasteiger partial charge >= 0.3 is 11.9 Å². The van der Waals surface area contributed by atoms with Crippen LogP contribution in [0.3, 0.4) is 0 Å². The average Bonchev–Trinajstić information content (AvgIpc) is 2.08. The number of hydrogen-bond acceptors (Lipinski definition) is 4. The molecule has 0 aliphatic heterocycles. The predicted octanol–water partition coefficient (Wildman–Crippen LogP) is -1.10. The fourth-order valence-corrected chi connectivity index (χ4v) is 1.77. The Morgan fingerprint density at radius 3 is 2.00 bits per heavy atom. The zero-order valence-corrected chi connectivity index (χ0v) is 7.33. The second-order valence-corrected chi connectivity index (χ2v) is 3.44. The zero-order valence-electron chi connectivity index (χ0n) is 7.33. The summed E-state index contributed by atoms with van der Waals surface area (Å²) in [5, 5.41) is 35.9. The van der Waals surface area contributed by atoms with Crippen LogP contribution in [-0.4, -0.2) is 44.6 Å². The van der Waals surface area contributed by atoms with Gasteiger partial charge in [-0.05, 0) is 12.8 Å². The average molecular weight is 204 g/mol. The quantitative estimate of drug-likeness (QED) is 0.454. The monoisotopic (exact) mass is 204 g/mol. The molecule has 1 fully saturated rings. The van der Waals surface area contributed by atoms with Gasteiger partial charge in [-0.1, -0.05) is 0 Å². The lowest BCUT2D eigenvalue weighted by molar-refractivity contribution is -0.168. The molecule has 0 bridgehead atoms. The maximum Gasteiger partial charge on any atom is 0.310 e. The number of aliphatic hydroxyl groups is 2. The summed E-state index contributed by atoms with van der Waals surface area (Å²) in [5.41, 5.74) is 0. The Bertz CT molecular complexity index is 250. The summed E-state index contributed by atoms with van der Waals surface area (Å²) in [6, 6.07) is 0. The number of rotatable bonds is 2. The highest BCUT2D eigenvalue weighted by atomic mass is 16.4. The van der Waals surface area contributed by atoms with Crippen LogP contribution < -0.4 is 0 Å². The number of carboxylic acid groups (broad SMARTS) is 2. The lowest BCUT2D eigenvalue weighted by Crippen LogP contribution is -2.48. The fourth-order valence-electron chi connectivity index (χ4n) is 1.77. The van der Waals surface area contributed by atoms with Gasteiger partial charge in [-0.2, -0.15) is 0 Å². The van der Waals surface area contributed by atoms with Gasteiger partial charge in [0.2, 0.25) is 0 Å². The van der Waals surface area contributed by atoms with Crippen LogP contribution in [0.15, 0.2) is 0 Å². The molecule has 0 heterocycles. The molecule has 1 rings (SSSR count). The summed E-state index contributed by atoms with van der Waals surface area (Å²) in [6.45, 7) is 0. The Morgan fingerprint density at radius 1 is 1.00 bits per heavy atom. The lowest BCUT2D eigenvalue weighted by Gasteiger charge is -2.33. The first-order chi connectivity index (χ1) is 6.45. The molecule has 0 radical (unpaired) electrons. The van der Waals surface area contributed by atoms with Crippen LogP contribution in [0.5, 0.6) is 0 Å². The van der Waals surface area contributed by atoms with Crippen molar-refractivity contribution in [1.29, 1.82) is 0 Å². The summed E-state index contributed by atoms with van der Waals surface area (Å²) in [6.07, 6.45) is -2.46. The maximum atomic E-state index is 10.7. The first-order valence-corrected chi connectivity index (χ1v) is 4.27. The van der Waals surface area contributed by atoms with E-state index >= 15 is 0 Å². The standard InChI is InChI=1S/C8H12O6/c9-4-2-1-3(7(11)12)5(6(4)10)8(13)14/h3-6,9-10H,1-2H2,(H,11,12)(H,13,14). The van der Waals surface area contributed by atoms with Gasteiger partial charge in [0.05, 0.1) is 24.0 Å². The van der Waals surface area contributed by atoms with E-state index in [1.165, 1.54) is 0 Å². The van der Waals surface area contributed by atoms with E-state index in [2.05, 4.69) is 0 Å². The van der Waals surface area contributed by atoms with Crippen molar-refractivity contribution in [1.82, 2.24) is 0 Å². The van der Waals surface area contributed by atoms with Crippen LogP contribution in [-0.2, 0) is 9.59 Å². The van der Waals surface area contributed by atoms with Gasteiger partial charge in [-0.25, -0.2) is 0 Å². The highest BCUT2D eigenvalue weighted by Gasteiger charge is 2.45. The van der Waals surface area contributed by atoms with Crippen molar-refractivity contribution >= 4 is 11.9 Å². The smallest absolute Gasteiger partial charge is 0.310 e. The molecule has 0 spiro atoms. The van der Waals surface area contributed by atoms with E-state index in [1.807, 2.05) is 0 Å². The fraction of sp³-hybridized carbons (Fsp3) is 0.750. The van der Waals surface area contributed by atoms with E-state index in [0.29, 0.717) is 0 Å². The van der Waals surface area contributed by atoms with Crippen molar-refractivity contribution in [2.24, 2.45) is 11.8 Å². The van der Waals surface area contributed by atoms with E-state index in [-0.39, 0.29) is 12.8 Å². The molecular weight excluding hydrogens is 192 g/mol. The molecule has 1 saturated carbocycles. The summed E-state index contributed by atoms with van der Waals surface area (Å²) in [7, 11) is 0. The van der Waals surface area contributed by atoms with Crippen molar-refractivity contribution in [2.45, 2.75) is 25.0 Å². The minimum absolute atomic E-state index is 0.0739. The van der Waals surface area contributed by atoms with Crippen LogP contribution in [0, 0.1) is 11.8 Å².